The van der Waals surface area contributed by atoms with Gasteiger partial charge in [-0.05, 0) is 19.1 Å². The first kappa shape index (κ1) is 12.3. The third kappa shape index (κ3) is 2.26. The van der Waals surface area contributed by atoms with Gasteiger partial charge in [0.05, 0.1) is 19.3 Å². The lowest BCUT2D eigenvalue weighted by atomic mass is 10.1. The highest BCUT2D eigenvalue weighted by Gasteiger charge is 2.11. The summed E-state index contributed by atoms with van der Waals surface area (Å²) in [4.78, 5) is 8.39. The highest BCUT2D eigenvalue weighted by atomic mass is 16.5. The second-order valence-electron chi connectivity index (χ2n) is 3.97. The van der Waals surface area contributed by atoms with Crippen LogP contribution in [0, 0.1) is 6.92 Å². The van der Waals surface area contributed by atoms with Crippen molar-refractivity contribution in [3.63, 3.8) is 0 Å². The van der Waals surface area contributed by atoms with Gasteiger partial charge >= 0.3 is 0 Å². The van der Waals surface area contributed by atoms with Crippen molar-refractivity contribution in [1.29, 1.82) is 0 Å². The molecule has 5 nitrogen and oxygen atoms in total. The Morgan fingerprint density at radius 2 is 2.17 bits per heavy atom. The van der Waals surface area contributed by atoms with Crippen molar-refractivity contribution in [3.8, 4) is 17.1 Å². The van der Waals surface area contributed by atoms with Crippen molar-refractivity contribution in [1.82, 2.24) is 9.97 Å². The summed E-state index contributed by atoms with van der Waals surface area (Å²) < 4.78 is 5.28. The molecular formula is C13H15N3O2. The standard InChI is InChI=1S/C13H15N3O2/c1-8-3-4-11(18-2)10(5-8)13-15-6-9(7-17)12(14)16-13/h3-6,17H,7H2,1-2H3,(H2,14,15,16). The number of aliphatic hydroxyl groups excluding tert-OH is 1. The Hall–Kier alpha value is -2.14. The van der Waals surface area contributed by atoms with Crippen molar-refractivity contribution in [3.05, 3.63) is 35.5 Å². The van der Waals surface area contributed by atoms with Crippen LogP contribution in [0.15, 0.2) is 24.4 Å². The number of aliphatic hydroxyl groups is 1. The van der Waals surface area contributed by atoms with E-state index in [-0.39, 0.29) is 12.4 Å². The summed E-state index contributed by atoms with van der Waals surface area (Å²) in [7, 11) is 1.60. The molecule has 0 spiro atoms. The van der Waals surface area contributed by atoms with Gasteiger partial charge in [0.1, 0.15) is 11.6 Å². The topological polar surface area (TPSA) is 81.3 Å². The number of nitrogens with two attached hydrogens (primary N) is 1. The molecule has 2 rings (SSSR count). The Balaban J connectivity index is 2.54. The van der Waals surface area contributed by atoms with Gasteiger partial charge in [0.2, 0.25) is 0 Å². The van der Waals surface area contributed by atoms with E-state index < -0.39 is 0 Å². The van der Waals surface area contributed by atoms with E-state index in [1.54, 1.807) is 7.11 Å². The maximum absolute atomic E-state index is 9.04. The third-order valence-corrected chi connectivity index (χ3v) is 2.66. The zero-order valence-corrected chi connectivity index (χ0v) is 10.3. The average molecular weight is 245 g/mol. The van der Waals surface area contributed by atoms with E-state index in [2.05, 4.69) is 9.97 Å². The van der Waals surface area contributed by atoms with Crippen LogP contribution in [-0.2, 0) is 6.61 Å². The van der Waals surface area contributed by atoms with Crippen LogP contribution in [0.5, 0.6) is 5.75 Å². The molecule has 2 aromatic rings. The van der Waals surface area contributed by atoms with Crippen LogP contribution in [-0.4, -0.2) is 22.2 Å². The monoisotopic (exact) mass is 245 g/mol. The van der Waals surface area contributed by atoms with E-state index in [0.29, 0.717) is 17.1 Å². The molecule has 0 fully saturated rings. The number of methoxy groups -OCH3 is 1. The van der Waals surface area contributed by atoms with E-state index in [9.17, 15) is 0 Å². The highest BCUT2D eigenvalue weighted by Crippen LogP contribution is 2.29. The molecule has 0 saturated carbocycles. The smallest absolute Gasteiger partial charge is 0.165 e. The molecule has 1 heterocycles. The number of nitrogen functional groups attached to an aromatic ring is 1. The Morgan fingerprint density at radius 3 is 2.78 bits per heavy atom. The molecule has 0 bridgehead atoms. The zero-order chi connectivity index (χ0) is 13.1. The minimum Gasteiger partial charge on any atom is -0.496 e. The lowest BCUT2D eigenvalue weighted by Crippen LogP contribution is -2.02. The fourth-order valence-electron chi connectivity index (χ4n) is 1.67. The molecular weight excluding hydrogens is 230 g/mol. The second-order valence-corrected chi connectivity index (χ2v) is 3.97. The van der Waals surface area contributed by atoms with E-state index in [1.807, 2.05) is 25.1 Å². The first-order valence-electron chi connectivity index (χ1n) is 5.53. The maximum Gasteiger partial charge on any atom is 0.165 e. The molecule has 0 aliphatic carbocycles. The van der Waals surface area contributed by atoms with Gasteiger partial charge in [-0.1, -0.05) is 11.6 Å². The number of hydrogen-bond acceptors (Lipinski definition) is 5. The molecule has 5 heteroatoms. The maximum atomic E-state index is 9.04. The summed E-state index contributed by atoms with van der Waals surface area (Å²) in [6.07, 6.45) is 1.53. The summed E-state index contributed by atoms with van der Waals surface area (Å²) in [6, 6.07) is 5.75. The quantitative estimate of drug-likeness (QED) is 0.857. The molecule has 0 atom stereocenters. The first-order chi connectivity index (χ1) is 8.65. The lowest BCUT2D eigenvalue weighted by Gasteiger charge is -2.09. The number of ether oxygens (including phenoxy) is 1. The van der Waals surface area contributed by atoms with Crippen LogP contribution >= 0.6 is 0 Å². The number of anilines is 1. The molecule has 0 amide bonds. The minimum absolute atomic E-state index is 0.170. The molecule has 0 unspecified atom stereocenters. The molecule has 0 radical (unpaired) electrons. The van der Waals surface area contributed by atoms with Crippen molar-refractivity contribution in [2.24, 2.45) is 0 Å². The molecule has 3 N–H and O–H groups in total. The molecule has 1 aromatic heterocycles. The molecule has 0 aliphatic heterocycles. The highest BCUT2D eigenvalue weighted by molar-refractivity contribution is 5.66. The Bertz CT molecular complexity index is 570. The number of nitrogens with zero attached hydrogens (tertiary/aromatic N) is 2. The van der Waals surface area contributed by atoms with E-state index in [4.69, 9.17) is 15.6 Å². The third-order valence-electron chi connectivity index (χ3n) is 2.66. The number of aromatic nitrogens is 2. The van der Waals surface area contributed by atoms with Crippen LogP contribution in [0.4, 0.5) is 5.82 Å². The van der Waals surface area contributed by atoms with Gasteiger partial charge in [-0.25, -0.2) is 9.97 Å². The fraction of sp³-hybridized carbons (Fsp3) is 0.231. The molecule has 0 aliphatic rings. The number of rotatable bonds is 3. The van der Waals surface area contributed by atoms with E-state index >= 15 is 0 Å². The van der Waals surface area contributed by atoms with Crippen LogP contribution in [0.3, 0.4) is 0 Å². The van der Waals surface area contributed by atoms with Gasteiger partial charge in [-0.3, -0.25) is 0 Å². The Morgan fingerprint density at radius 1 is 1.39 bits per heavy atom. The van der Waals surface area contributed by atoms with E-state index in [0.717, 1.165) is 11.1 Å². The second kappa shape index (κ2) is 5.01. The van der Waals surface area contributed by atoms with Crippen molar-refractivity contribution in [2.45, 2.75) is 13.5 Å². The van der Waals surface area contributed by atoms with Crippen molar-refractivity contribution in [2.75, 3.05) is 12.8 Å². The number of benzene rings is 1. The summed E-state index contributed by atoms with van der Waals surface area (Å²) in [6.45, 7) is 1.81. The number of aryl methyl sites for hydroxylation is 1. The van der Waals surface area contributed by atoms with Gasteiger partial charge in [-0.15, -0.1) is 0 Å². The predicted molar refractivity (Wildman–Crippen MR) is 69.1 cm³/mol. The van der Waals surface area contributed by atoms with Gasteiger partial charge < -0.3 is 15.6 Å². The van der Waals surface area contributed by atoms with Crippen LogP contribution in [0.25, 0.3) is 11.4 Å². The van der Waals surface area contributed by atoms with Gasteiger partial charge in [0.25, 0.3) is 0 Å². The van der Waals surface area contributed by atoms with Crippen LogP contribution in [0.1, 0.15) is 11.1 Å². The zero-order valence-electron chi connectivity index (χ0n) is 10.3. The summed E-state index contributed by atoms with van der Waals surface area (Å²) in [5.41, 5.74) is 8.13. The van der Waals surface area contributed by atoms with Crippen LogP contribution < -0.4 is 10.5 Å². The van der Waals surface area contributed by atoms with Gasteiger partial charge in [-0.2, -0.15) is 0 Å². The average Bonchev–Trinajstić information content (AvgIpc) is 2.38. The van der Waals surface area contributed by atoms with Gasteiger partial charge in [0, 0.05) is 11.8 Å². The number of hydrogen-bond donors (Lipinski definition) is 2. The molecule has 18 heavy (non-hydrogen) atoms. The molecule has 0 saturated heterocycles. The Labute approximate surface area is 105 Å². The SMILES string of the molecule is COc1ccc(C)cc1-c1ncc(CO)c(N)n1. The van der Waals surface area contributed by atoms with Gasteiger partial charge in [0.15, 0.2) is 5.82 Å². The van der Waals surface area contributed by atoms with E-state index in [1.165, 1.54) is 6.20 Å². The predicted octanol–water partition coefficient (Wildman–Crippen LogP) is 1.54. The molecule has 1 aromatic carbocycles. The normalized spacial score (nSPS) is 10.4. The van der Waals surface area contributed by atoms with Crippen LogP contribution in [0.2, 0.25) is 0 Å². The summed E-state index contributed by atoms with van der Waals surface area (Å²) in [5, 5.41) is 9.04. The Kier molecular flexibility index (Phi) is 3.43. The van der Waals surface area contributed by atoms with Crippen molar-refractivity contribution >= 4 is 5.82 Å². The lowest BCUT2D eigenvalue weighted by molar-refractivity contribution is 0.281. The summed E-state index contributed by atoms with van der Waals surface area (Å²) in [5.74, 6) is 1.47. The van der Waals surface area contributed by atoms with Crippen molar-refractivity contribution < 1.29 is 9.84 Å². The fourth-order valence-corrected chi connectivity index (χ4v) is 1.67. The summed E-state index contributed by atoms with van der Waals surface area (Å²) >= 11 is 0. The molecule has 94 valence electrons. The first-order valence-corrected chi connectivity index (χ1v) is 5.53. The minimum atomic E-state index is -0.170. The largest absolute Gasteiger partial charge is 0.496 e.